The molecule has 3 heterocycles. The summed E-state index contributed by atoms with van der Waals surface area (Å²) in [6, 6.07) is 0. The second kappa shape index (κ2) is 5.77. The Bertz CT molecular complexity index is 771. The molecule has 0 radical (unpaired) electrons. The smallest absolute Gasteiger partial charge is 0.211 e. The Morgan fingerprint density at radius 1 is 1.23 bits per heavy atom. The third-order valence-electron chi connectivity index (χ3n) is 4.00. The van der Waals surface area contributed by atoms with Crippen LogP contribution in [0, 0.1) is 0 Å². The number of hydrogen-bond donors (Lipinski definition) is 0. The molecule has 0 aromatic carbocycles. The minimum absolute atomic E-state index is 0.0872. The van der Waals surface area contributed by atoms with Crippen LogP contribution in [0.15, 0.2) is 24.9 Å². The first-order chi connectivity index (χ1) is 10.4. The van der Waals surface area contributed by atoms with Crippen molar-refractivity contribution in [3.63, 3.8) is 0 Å². The summed E-state index contributed by atoms with van der Waals surface area (Å²) >= 11 is 0. The van der Waals surface area contributed by atoms with E-state index in [-0.39, 0.29) is 5.92 Å². The highest BCUT2D eigenvalue weighted by molar-refractivity contribution is 7.88. The molecule has 7 nitrogen and oxygen atoms in total. The molecule has 1 aliphatic rings. The van der Waals surface area contributed by atoms with E-state index < -0.39 is 10.0 Å². The molecule has 0 saturated carbocycles. The van der Waals surface area contributed by atoms with Gasteiger partial charge >= 0.3 is 0 Å². The maximum Gasteiger partial charge on any atom is 0.211 e. The van der Waals surface area contributed by atoms with E-state index in [4.69, 9.17) is 0 Å². The predicted octanol–water partition coefficient (Wildman–Crippen LogP) is 1.02. The van der Waals surface area contributed by atoms with Crippen molar-refractivity contribution in [3.05, 3.63) is 30.6 Å². The Hall–Kier alpha value is -1.80. The van der Waals surface area contributed by atoms with Crippen LogP contribution < -0.4 is 0 Å². The Kier molecular flexibility index (Phi) is 3.96. The summed E-state index contributed by atoms with van der Waals surface area (Å²) in [5.41, 5.74) is 2.49. The van der Waals surface area contributed by atoms with Crippen LogP contribution in [-0.2, 0) is 17.1 Å². The van der Waals surface area contributed by atoms with Gasteiger partial charge in [-0.2, -0.15) is 0 Å². The maximum atomic E-state index is 11.7. The first-order valence-corrected chi connectivity index (χ1v) is 9.04. The molecule has 0 N–H and O–H groups in total. The first-order valence-electron chi connectivity index (χ1n) is 7.19. The normalized spacial score (nSPS) is 20.2. The highest BCUT2D eigenvalue weighted by Gasteiger charge is 2.28. The van der Waals surface area contributed by atoms with Crippen molar-refractivity contribution in [2.45, 2.75) is 18.8 Å². The lowest BCUT2D eigenvalue weighted by atomic mass is 9.96. The van der Waals surface area contributed by atoms with Gasteiger partial charge in [-0.1, -0.05) is 0 Å². The summed E-state index contributed by atoms with van der Waals surface area (Å²) in [6.07, 6.45) is 9.93. The van der Waals surface area contributed by atoms with Gasteiger partial charge in [0.05, 0.1) is 36.4 Å². The van der Waals surface area contributed by atoms with Crippen LogP contribution in [-0.4, -0.2) is 51.6 Å². The van der Waals surface area contributed by atoms with E-state index in [0.717, 1.165) is 29.9 Å². The van der Waals surface area contributed by atoms with Crippen LogP contribution in [0.3, 0.4) is 0 Å². The van der Waals surface area contributed by atoms with Gasteiger partial charge in [0.2, 0.25) is 10.0 Å². The molecule has 0 spiro atoms. The molecule has 8 heteroatoms. The van der Waals surface area contributed by atoms with Gasteiger partial charge in [0.25, 0.3) is 0 Å². The van der Waals surface area contributed by atoms with E-state index in [1.54, 1.807) is 24.9 Å². The third kappa shape index (κ3) is 3.02. The van der Waals surface area contributed by atoms with Crippen molar-refractivity contribution in [1.29, 1.82) is 0 Å². The summed E-state index contributed by atoms with van der Waals surface area (Å²) in [5.74, 6) is 0.0872. The maximum absolute atomic E-state index is 11.7. The number of sulfonamides is 1. The van der Waals surface area contributed by atoms with Gasteiger partial charge in [0, 0.05) is 32.3 Å². The van der Waals surface area contributed by atoms with Crippen LogP contribution in [0.1, 0.15) is 24.5 Å². The molecule has 1 saturated heterocycles. The van der Waals surface area contributed by atoms with Crippen LogP contribution in [0.5, 0.6) is 0 Å². The standard InChI is InChI=1S/C14H19N5O2S/c1-18-10-16-8-14(18)13-7-15-6-12(17-13)11-4-3-5-19(9-11)22(2,20)21/h6-8,10-11H,3-5,9H2,1-2H3. The Labute approximate surface area is 130 Å². The lowest BCUT2D eigenvalue weighted by molar-refractivity contribution is 0.314. The fourth-order valence-corrected chi connectivity index (χ4v) is 3.70. The summed E-state index contributed by atoms with van der Waals surface area (Å²) in [4.78, 5) is 13.0. The van der Waals surface area contributed by atoms with Gasteiger partial charge in [-0.05, 0) is 12.8 Å². The number of imidazole rings is 1. The van der Waals surface area contributed by atoms with E-state index in [0.29, 0.717) is 13.1 Å². The van der Waals surface area contributed by atoms with E-state index in [2.05, 4.69) is 15.0 Å². The molecule has 3 rings (SSSR count). The minimum Gasteiger partial charge on any atom is -0.332 e. The molecule has 1 fully saturated rings. The lowest BCUT2D eigenvalue weighted by Crippen LogP contribution is -2.38. The van der Waals surface area contributed by atoms with Gasteiger partial charge in [-0.25, -0.2) is 22.7 Å². The molecule has 0 amide bonds. The molecular formula is C14H19N5O2S. The van der Waals surface area contributed by atoms with E-state index >= 15 is 0 Å². The molecule has 2 aromatic rings. The van der Waals surface area contributed by atoms with E-state index in [1.807, 2.05) is 11.6 Å². The zero-order valence-electron chi connectivity index (χ0n) is 12.7. The third-order valence-corrected chi connectivity index (χ3v) is 5.27. The van der Waals surface area contributed by atoms with Crippen molar-refractivity contribution in [2.24, 2.45) is 7.05 Å². The molecule has 0 bridgehead atoms. The average molecular weight is 321 g/mol. The van der Waals surface area contributed by atoms with Crippen LogP contribution in [0.2, 0.25) is 0 Å². The summed E-state index contributed by atoms with van der Waals surface area (Å²) < 4.78 is 26.9. The topological polar surface area (TPSA) is 81.0 Å². The van der Waals surface area contributed by atoms with Crippen molar-refractivity contribution in [1.82, 2.24) is 23.8 Å². The van der Waals surface area contributed by atoms with Crippen LogP contribution in [0.25, 0.3) is 11.4 Å². The van der Waals surface area contributed by atoms with Crippen molar-refractivity contribution >= 4 is 10.0 Å². The highest BCUT2D eigenvalue weighted by atomic mass is 32.2. The molecule has 1 aliphatic heterocycles. The van der Waals surface area contributed by atoms with Gasteiger partial charge < -0.3 is 4.57 Å². The Morgan fingerprint density at radius 3 is 2.73 bits per heavy atom. The number of piperidine rings is 1. The van der Waals surface area contributed by atoms with Crippen LogP contribution >= 0.6 is 0 Å². The number of aromatic nitrogens is 4. The zero-order valence-corrected chi connectivity index (χ0v) is 13.5. The molecule has 0 aliphatic carbocycles. The van der Waals surface area contributed by atoms with Gasteiger partial charge in [-0.3, -0.25) is 4.98 Å². The van der Waals surface area contributed by atoms with Gasteiger partial charge in [0.15, 0.2) is 0 Å². The molecule has 2 aromatic heterocycles. The lowest BCUT2D eigenvalue weighted by Gasteiger charge is -2.30. The summed E-state index contributed by atoms with van der Waals surface area (Å²) in [6.45, 7) is 1.06. The minimum atomic E-state index is -3.16. The number of aryl methyl sites for hydroxylation is 1. The monoisotopic (exact) mass is 321 g/mol. The second-order valence-corrected chi connectivity index (χ2v) is 7.66. The molecule has 1 atom stereocenters. The van der Waals surface area contributed by atoms with Crippen molar-refractivity contribution in [2.75, 3.05) is 19.3 Å². The van der Waals surface area contributed by atoms with Crippen LogP contribution in [0.4, 0.5) is 0 Å². The quantitative estimate of drug-likeness (QED) is 0.843. The highest BCUT2D eigenvalue weighted by Crippen LogP contribution is 2.27. The number of hydrogen-bond acceptors (Lipinski definition) is 5. The average Bonchev–Trinajstić information content (AvgIpc) is 2.93. The summed E-state index contributed by atoms with van der Waals surface area (Å²) in [5, 5.41) is 0. The second-order valence-electron chi connectivity index (χ2n) is 5.68. The molecule has 1 unspecified atom stereocenters. The predicted molar refractivity (Wildman–Crippen MR) is 82.6 cm³/mol. The molecule has 118 valence electrons. The fourth-order valence-electron chi connectivity index (χ4n) is 2.79. The molecular weight excluding hydrogens is 302 g/mol. The molecule has 22 heavy (non-hydrogen) atoms. The van der Waals surface area contributed by atoms with E-state index in [1.165, 1.54) is 10.6 Å². The van der Waals surface area contributed by atoms with Crippen molar-refractivity contribution in [3.8, 4) is 11.4 Å². The number of rotatable bonds is 3. The Morgan fingerprint density at radius 2 is 2.05 bits per heavy atom. The summed E-state index contributed by atoms with van der Waals surface area (Å²) in [7, 11) is -1.25. The van der Waals surface area contributed by atoms with Gasteiger partial charge in [-0.15, -0.1) is 0 Å². The largest absolute Gasteiger partial charge is 0.332 e. The first kappa shape index (κ1) is 15.1. The Balaban J connectivity index is 1.88. The SMILES string of the molecule is Cn1cncc1-c1cncc(C2CCCN(S(C)(=O)=O)C2)n1. The fraction of sp³-hybridized carbons (Fsp3) is 0.500. The number of nitrogens with zero attached hydrogens (tertiary/aromatic N) is 5. The van der Waals surface area contributed by atoms with Gasteiger partial charge in [0.1, 0.15) is 5.69 Å². The van der Waals surface area contributed by atoms with Crippen molar-refractivity contribution < 1.29 is 8.42 Å². The van der Waals surface area contributed by atoms with E-state index in [9.17, 15) is 8.42 Å². The zero-order chi connectivity index (χ0) is 15.7.